The van der Waals surface area contributed by atoms with Gasteiger partial charge in [0.2, 0.25) is 0 Å². The average molecular weight is 422 g/mol. The van der Waals surface area contributed by atoms with Crippen molar-refractivity contribution in [1.29, 1.82) is 0 Å². The summed E-state index contributed by atoms with van der Waals surface area (Å²) in [6.45, 7) is 1.76. The van der Waals surface area contributed by atoms with Crippen LogP contribution < -0.4 is 20.4 Å². The lowest BCUT2D eigenvalue weighted by molar-refractivity contribution is -0.118. The van der Waals surface area contributed by atoms with Gasteiger partial charge in [-0.15, -0.1) is 11.3 Å². The number of hydrogen-bond donors (Lipinski definition) is 1. The molecule has 0 atom stereocenters. The molecule has 2 heterocycles. The number of anilines is 1. The number of carbonyl (C=O) groups excluding carboxylic acids is 1. The molecule has 1 amide bonds. The van der Waals surface area contributed by atoms with E-state index in [0.29, 0.717) is 16.5 Å². The maximum absolute atomic E-state index is 12.3. The zero-order valence-electron chi connectivity index (χ0n) is 16.3. The molecule has 0 saturated heterocycles. The highest BCUT2D eigenvalue weighted by atomic mass is 32.1. The molecule has 0 unspecified atom stereocenters. The summed E-state index contributed by atoms with van der Waals surface area (Å²) in [5, 5.41) is 4.03. The number of methoxy groups -OCH3 is 1. The SMILES string of the molecule is COc1ccc(-c2nc(NC(=O)COc3ccc4ccc(=O)oc4c3)sc2C)cc1. The fourth-order valence-corrected chi connectivity index (χ4v) is 3.75. The predicted molar refractivity (Wildman–Crippen MR) is 115 cm³/mol. The van der Waals surface area contributed by atoms with Crippen molar-refractivity contribution in [2.45, 2.75) is 6.92 Å². The number of ether oxygens (including phenoxy) is 2. The van der Waals surface area contributed by atoms with Crippen LogP contribution in [0.2, 0.25) is 0 Å². The van der Waals surface area contributed by atoms with E-state index in [-0.39, 0.29) is 12.5 Å². The van der Waals surface area contributed by atoms with E-state index in [1.54, 1.807) is 31.4 Å². The third kappa shape index (κ3) is 4.33. The van der Waals surface area contributed by atoms with Gasteiger partial charge in [0.25, 0.3) is 5.91 Å². The van der Waals surface area contributed by atoms with Gasteiger partial charge < -0.3 is 13.9 Å². The summed E-state index contributed by atoms with van der Waals surface area (Å²) in [5.41, 5.74) is 1.71. The van der Waals surface area contributed by atoms with Gasteiger partial charge in [0.15, 0.2) is 11.7 Å². The molecule has 0 aliphatic carbocycles. The Balaban J connectivity index is 1.41. The van der Waals surface area contributed by atoms with Gasteiger partial charge in [0.1, 0.15) is 17.1 Å². The molecular weight excluding hydrogens is 404 g/mol. The summed E-state index contributed by atoms with van der Waals surface area (Å²) >= 11 is 1.39. The molecule has 4 aromatic rings. The first kappa shape index (κ1) is 19.7. The largest absolute Gasteiger partial charge is 0.497 e. The average Bonchev–Trinajstić information content (AvgIpc) is 3.11. The molecule has 4 rings (SSSR count). The van der Waals surface area contributed by atoms with Crippen LogP contribution in [0.3, 0.4) is 0 Å². The van der Waals surface area contributed by atoms with E-state index < -0.39 is 5.63 Å². The third-order valence-electron chi connectivity index (χ3n) is 4.37. The van der Waals surface area contributed by atoms with Crippen LogP contribution in [0.15, 0.2) is 63.8 Å². The molecule has 2 aromatic heterocycles. The molecule has 2 aromatic carbocycles. The maximum atomic E-state index is 12.3. The quantitative estimate of drug-likeness (QED) is 0.467. The molecule has 0 fully saturated rings. The monoisotopic (exact) mass is 422 g/mol. The number of hydrogen-bond acceptors (Lipinski definition) is 7. The van der Waals surface area contributed by atoms with Crippen LogP contribution in [-0.2, 0) is 4.79 Å². The molecular formula is C22H18N2O5S. The lowest BCUT2D eigenvalue weighted by Crippen LogP contribution is -2.20. The number of fused-ring (bicyclic) bond motifs is 1. The minimum Gasteiger partial charge on any atom is -0.497 e. The fraction of sp³-hybridized carbons (Fsp3) is 0.136. The number of carbonyl (C=O) groups is 1. The molecule has 1 N–H and O–H groups in total. The first-order valence-electron chi connectivity index (χ1n) is 9.10. The summed E-state index contributed by atoms with van der Waals surface area (Å²) in [4.78, 5) is 29.1. The van der Waals surface area contributed by atoms with Gasteiger partial charge in [-0.2, -0.15) is 0 Å². The molecule has 7 nitrogen and oxygen atoms in total. The summed E-state index contributed by atoms with van der Waals surface area (Å²) < 4.78 is 15.8. The lowest BCUT2D eigenvalue weighted by atomic mass is 10.1. The highest BCUT2D eigenvalue weighted by Crippen LogP contribution is 2.31. The van der Waals surface area contributed by atoms with Crippen molar-refractivity contribution in [2.24, 2.45) is 0 Å². The smallest absolute Gasteiger partial charge is 0.336 e. The zero-order valence-corrected chi connectivity index (χ0v) is 17.1. The van der Waals surface area contributed by atoms with Gasteiger partial charge in [-0.05, 0) is 49.4 Å². The third-order valence-corrected chi connectivity index (χ3v) is 5.26. The summed E-state index contributed by atoms with van der Waals surface area (Å²) in [6.07, 6.45) is 0. The van der Waals surface area contributed by atoms with E-state index in [0.717, 1.165) is 27.3 Å². The Hall–Kier alpha value is -3.65. The Morgan fingerprint density at radius 3 is 2.60 bits per heavy atom. The molecule has 152 valence electrons. The second kappa shape index (κ2) is 8.38. The highest BCUT2D eigenvalue weighted by molar-refractivity contribution is 7.16. The van der Waals surface area contributed by atoms with Crippen LogP contribution in [0.1, 0.15) is 4.88 Å². The predicted octanol–water partition coefficient (Wildman–Crippen LogP) is 4.25. The summed E-state index contributed by atoms with van der Waals surface area (Å²) in [7, 11) is 1.62. The van der Waals surface area contributed by atoms with Crippen LogP contribution >= 0.6 is 11.3 Å². The van der Waals surface area contributed by atoms with Crippen molar-refractivity contribution in [1.82, 2.24) is 4.98 Å². The number of rotatable bonds is 6. The topological polar surface area (TPSA) is 90.7 Å². The van der Waals surface area contributed by atoms with Crippen LogP contribution in [0.5, 0.6) is 11.5 Å². The van der Waals surface area contributed by atoms with Gasteiger partial charge in [0, 0.05) is 28.0 Å². The Kier molecular flexibility index (Phi) is 5.49. The standard InChI is InChI=1S/C22H18N2O5S/c1-13-21(15-4-7-16(27-2)8-5-15)24-22(30-13)23-19(25)12-28-17-9-3-14-6-10-20(26)29-18(14)11-17/h3-11H,12H2,1-2H3,(H,23,24,25). The Morgan fingerprint density at radius 2 is 1.83 bits per heavy atom. The molecule has 0 bridgehead atoms. The van der Waals surface area contributed by atoms with Gasteiger partial charge in [-0.25, -0.2) is 9.78 Å². The van der Waals surface area contributed by atoms with Crippen LogP contribution in [-0.4, -0.2) is 24.6 Å². The number of amides is 1. The molecule has 0 radical (unpaired) electrons. The molecule has 8 heteroatoms. The molecule has 0 saturated carbocycles. The second-order valence-electron chi connectivity index (χ2n) is 6.44. The number of thiazole rings is 1. The van der Waals surface area contributed by atoms with Crippen LogP contribution in [0.4, 0.5) is 5.13 Å². The van der Waals surface area contributed by atoms with Crippen LogP contribution in [0.25, 0.3) is 22.2 Å². The van der Waals surface area contributed by atoms with Crippen molar-refractivity contribution in [3.8, 4) is 22.8 Å². The molecule has 0 aliphatic rings. The van der Waals surface area contributed by atoms with Crippen molar-refractivity contribution in [2.75, 3.05) is 19.0 Å². The zero-order chi connectivity index (χ0) is 21.1. The fourth-order valence-electron chi connectivity index (χ4n) is 2.90. The van der Waals surface area contributed by atoms with Crippen LogP contribution in [0, 0.1) is 6.92 Å². The van der Waals surface area contributed by atoms with E-state index in [4.69, 9.17) is 13.9 Å². The van der Waals surface area contributed by atoms with E-state index in [9.17, 15) is 9.59 Å². The minimum absolute atomic E-state index is 0.195. The Labute approximate surface area is 175 Å². The van der Waals surface area contributed by atoms with Gasteiger partial charge in [-0.3, -0.25) is 10.1 Å². The first-order chi connectivity index (χ1) is 14.5. The molecule has 30 heavy (non-hydrogen) atoms. The van der Waals surface area contributed by atoms with E-state index in [1.807, 2.05) is 31.2 Å². The number of aryl methyl sites for hydroxylation is 1. The Bertz CT molecular complexity index is 1260. The van der Waals surface area contributed by atoms with Gasteiger partial charge in [-0.1, -0.05) is 0 Å². The lowest BCUT2D eigenvalue weighted by Gasteiger charge is -2.06. The number of aromatic nitrogens is 1. The number of nitrogens with one attached hydrogen (secondary N) is 1. The Morgan fingerprint density at radius 1 is 1.10 bits per heavy atom. The number of nitrogens with zero attached hydrogens (tertiary/aromatic N) is 1. The van der Waals surface area contributed by atoms with Gasteiger partial charge in [0.05, 0.1) is 12.8 Å². The van der Waals surface area contributed by atoms with Crippen molar-refractivity contribution in [3.63, 3.8) is 0 Å². The van der Waals surface area contributed by atoms with E-state index in [1.165, 1.54) is 17.4 Å². The second-order valence-corrected chi connectivity index (χ2v) is 7.65. The summed E-state index contributed by atoms with van der Waals surface area (Å²) in [5.74, 6) is 0.867. The minimum atomic E-state index is -0.441. The van der Waals surface area contributed by atoms with Crippen molar-refractivity contribution >= 4 is 33.3 Å². The van der Waals surface area contributed by atoms with E-state index >= 15 is 0 Å². The van der Waals surface area contributed by atoms with Crippen molar-refractivity contribution in [3.05, 3.63) is 69.9 Å². The van der Waals surface area contributed by atoms with Crippen molar-refractivity contribution < 1.29 is 18.7 Å². The number of benzene rings is 2. The molecule has 0 spiro atoms. The van der Waals surface area contributed by atoms with E-state index in [2.05, 4.69) is 10.3 Å². The highest BCUT2D eigenvalue weighted by Gasteiger charge is 2.13. The maximum Gasteiger partial charge on any atom is 0.336 e. The summed E-state index contributed by atoms with van der Waals surface area (Å²) in [6, 6.07) is 15.7. The first-order valence-corrected chi connectivity index (χ1v) is 9.92. The normalized spacial score (nSPS) is 10.7. The van der Waals surface area contributed by atoms with Gasteiger partial charge >= 0.3 is 5.63 Å². The molecule has 0 aliphatic heterocycles.